The van der Waals surface area contributed by atoms with Crippen LogP contribution in [0.5, 0.6) is 5.75 Å². The standard InChI is InChI=1S/C23H24F5N3O4/c1-21(2,3)35-20(33)31-13-22(24,25)11-18(31)19(32)30-12-14-8-9-29-17(10-14)15-4-6-16(7-5-15)34-23(26,27)28/h4-10,18H,11-13H2,1-3H3,(H,30,32)/t18-/m0/s1. The van der Waals surface area contributed by atoms with E-state index < -0.39 is 48.9 Å². The maximum Gasteiger partial charge on any atom is 0.573 e. The van der Waals surface area contributed by atoms with Gasteiger partial charge in [-0.05, 0) is 62.7 Å². The van der Waals surface area contributed by atoms with Crippen LogP contribution >= 0.6 is 0 Å². The average Bonchev–Trinajstić information content (AvgIpc) is 3.06. The van der Waals surface area contributed by atoms with Gasteiger partial charge in [0.05, 0.1) is 12.2 Å². The second kappa shape index (κ2) is 9.67. The van der Waals surface area contributed by atoms with E-state index in [0.29, 0.717) is 16.8 Å². The SMILES string of the molecule is CC(C)(C)OC(=O)N1CC(F)(F)C[C@H]1C(=O)NCc1ccnc(-c2ccc(OC(F)(F)F)cc2)c1. The molecular formula is C23H24F5N3O4. The molecule has 1 aliphatic rings. The van der Waals surface area contributed by atoms with Crippen molar-refractivity contribution in [2.45, 2.75) is 57.7 Å². The van der Waals surface area contributed by atoms with Crippen LogP contribution < -0.4 is 10.1 Å². The lowest BCUT2D eigenvalue weighted by Crippen LogP contribution is -2.47. The summed E-state index contributed by atoms with van der Waals surface area (Å²) in [6.07, 6.45) is -5.20. The first-order valence-corrected chi connectivity index (χ1v) is 10.6. The monoisotopic (exact) mass is 501 g/mol. The van der Waals surface area contributed by atoms with E-state index in [4.69, 9.17) is 4.74 Å². The first-order valence-electron chi connectivity index (χ1n) is 10.6. The Balaban J connectivity index is 1.66. The Bertz CT molecular complexity index is 1070. The number of nitrogens with zero attached hydrogens (tertiary/aromatic N) is 2. The third kappa shape index (κ3) is 7.52. The number of ether oxygens (including phenoxy) is 2. The van der Waals surface area contributed by atoms with Crippen molar-refractivity contribution in [3.05, 3.63) is 48.2 Å². The summed E-state index contributed by atoms with van der Waals surface area (Å²) in [5.41, 5.74) is 0.561. The topological polar surface area (TPSA) is 80.8 Å². The van der Waals surface area contributed by atoms with Gasteiger partial charge in [0.25, 0.3) is 5.92 Å². The number of hydrogen-bond donors (Lipinski definition) is 1. The average molecular weight is 501 g/mol. The summed E-state index contributed by atoms with van der Waals surface area (Å²) in [5, 5.41) is 2.55. The van der Waals surface area contributed by atoms with Crippen molar-refractivity contribution in [1.29, 1.82) is 0 Å². The molecular weight excluding hydrogens is 477 g/mol. The van der Waals surface area contributed by atoms with Crippen LogP contribution in [0, 0.1) is 0 Å². The highest BCUT2D eigenvalue weighted by Gasteiger charge is 2.51. The largest absolute Gasteiger partial charge is 0.573 e. The predicted octanol–water partition coefficient (Wildman–Crippen LogP) is 4.91. The van der Waals surface area contributed by atoms with Gasteiger partial charge in [-0.2, -0.15) is 0 Å². The molecule has 1 atom stereocenters. The van der Waals surface area contributed by atoms with Crippen molar-refractivity contribution in [1.82, 2.24) is 15.2 Å². The molecule has 1 saturated heterocycles. The first kappa shape index (κ1) is 26.2. The van der Waals surface area contributed by atoms with Crippen molar-refractivity contribution in [3.63, 3.8) is 0 Å². The number of carbonyl (C=O) groups excluding carboxylic acids is 2. The lowest BCUT2D eigenvalue weighted by Gasteiger charge is -2.27. The van der Waals surface area contributed by atoms with Gasteiger partial charge in [0.1, 0.15) is 17.4 Å². The highest BCUT2D eigenvalue weighted by Crippen LogP contribution is 2.33. The highest BCUT2D eigenvalue weighted by atomic mass is 19.4. The summed E-state index contributed by atoms with van der Waals surface area (Å²) >= 11 is 0. The molecule has 0 unspecified atom stereocenters. The summed E-state index contributed by atoms with van der Waals surface area (Å²) < 4.78 is 74.0. The molecule has 2 aromatic rings. The van der Waals surface area contributed by atoms with Crippen LogP contribution in [0.15, 0.2) is 42.6 Å². The number of hydrogen-bond acceptors (Lipinski definition) is 5. The van der Waals surface area contributed by atoms with Crippen molar-refractivity contribution in [3.8, 4) is 17.0 Å². The minimum atomic E-state index is -4.81. The van der Waals surface area contributed by atoms with Crippen molar-refractivity contribution >= 4 is 12.0 Å². The fourth-order valence-electron chi connectivity index (χ4n) is 3.44. The Morgan fingerprint density at radius 1 is 1.14 bits per heavy atom. The number of carbonyl (C=O) groups is 2. The van der Waals surface area contributed by atoms with E-state index in [-0.39, 0.29) is 12.3 Å². The Morgan fingerprint density at radius 3 is 2.40 bits per heavy atom. The van der Waals surface area contributed by atoms with Gasteiger partial charge >= 0.3 is 12.5 Å². The zero-order valence-corrected chi connectivity index (χ0v) is 19.2. The van der Waals surface area contributed by atoms with E-state index in [1.807, 2.05) is 0 Å². The van der Waals surface area contributed by atoms with Crippen LogP contribution in [-0.2, 0) is 16.1 Å². The van der Waals surface area contributed by atoms with Crippen LogP contribution in [0.3, 0.4) is 0 Å². The molecule has 1 N–H and O–H groups in total. The number of rotatable bonds is 5. The van der Waals surface area contributed by atoms with E-state index in [2.05, 4.69) is 15.0 Å². The van der Waals surface area contributed by atoms with Crippen molar-refractivity contribution in [2.75, 3.05) is 6.54 Å². The van der Waals surface area contributed by atoms with Gasteiger partial charge in [-0.3, -0.25) is 14.7 Å². The molecule has 0 aliphatic carbocycles. The van der Waals surface area contributed by atoms with Gasteiger partial charge in [-0.25, -0.2) is 13.6 Å². The third-order valence-corrected chi connectivity index (χ3v) is 4.88. The molecule has 7 nitrogen and oxygen atoms in total. The number of pyridine rings is 1. The molecule has 12 heteroatoms. The van der Waals surface area contributed by atoms with Gasteiger partial charge in [0.15, 0.2) is 0 Å². The smallest absolute Gasteiger partial charge is 0.444 e. The maximum atomic E-state index is 14.0. The molecule has 0 saturated carbocycles. The number of aromatic nitrogens is 1. The number of amides is 2. The quantitative estimate of drug-likeness (QED) is 0.589. The number of alkyl halides is 5. The minimum Gasteiger partial charge on any atom is -0.444 e. The van der Waals surface area contributed by atoms with Gasteiger partial charge in [0, 0.05) is 24.7 Å². The number of nitrogens with one attached hydrogen (secondary N) is 1. The zero-order valence-electron chi connectivity index (χ0n) is 19.2. The molecule has 0 bridgehead atoms. The molecule has 1 aromatic heterocycles. The fraction of sp³-hybridized carbons (Fsp3) is 0.435. The molecule has 1 aromatic carbocycles. The summed E-state index contributed by atoms with van der Waals surface area (Å²) in [6.45, 7) is 3.80. The van der Waals surface area contributed by atoms with Crippen LogP contribution in [-0.4, -0.2) is 52.4 Å². The predicted molar refractivity (Wildman–Crippen MR) is 114 cm³/mol. The third-order valence-electron chi connectivity index (χ3n) is 4.88. The second-order valence-corrected chi connectivity index (χ2v) is 9.02. The van der Waals surface area contributed by atoms with Crippen molar-refractivity contribution in [2.24, 2.45) is 0 Å². The molecule has 1 fully saturated rings. The number of likely N-dealkylation sites (tertiary alicyclic amines) is 1. The molecule has 2 amide bonds. The normalized spacial score (nSPS) is 17.7. The molecule has 35 heavy (non-hydrogen) atoms. The Morgan fingerprint density at radius 2 is 1.80 bits per heavy atom. The van der Waals surface area contributed by atoms with Crippen LogP contribution in [0.2, 0.25) is 0 Å². The Labute approximate surface area is 198 Å². The lowest BCUT2D eigenvalue weighted by atomic mass is 10.1. The summed E-state index contributed by atoms with van der Waals surface area (Å²) in [4.78, 5) is 29.9. The summed E-state index contributed by atoms with van der Waals surface area (Å²) in [6, 6.07) is 6.85. The molecule has 2 heterocycles. The van der Waals surface area contributed by atoms with E-state index in [9.17, 15) is 31.5 Å². The number of halogens is 5. The summed E-state index contributed by atoms with van der Waals surface area (Å²) in [7, 11) is 0. The van der Waals surface area contributed by atoms with Crippen LogP contribution in [0.4, 0.5) is 26.7 Å². The molecule has 3 rings (SSSR count). The lowest BCUT2D eigenvalue weighted by molar-refractivity contribution is -0.274. The van der Waals surface area contributed by atoms with Gasteiger partial charge in [-0.15, -0.1) is 13.2 Å². The number of benzene rings is 1. The fourth-order valence-corrected chi connectivity index (χ4v) is 3.44. The Kier molecular flexibility index (Phi) is 7.23. The van der Waals surface area contributed by atoms with E-state index in [1.165, 1.54) is 18.3 Å². The van der Waals surface area contributed by atoms with E-state index >= 15 is 0 Å². The molecule has 1 aliphatic heterocycles. The highest BCUT2D eigenvalue weighted by molar-refractivity contribution is 5.86. The first-order chi connectivity index (χ1) is 16.1. The van der Waals surface area contributed by atoms with Gasteiger partial charge in [-0.1, -0.05) is 0 Å². The van der Waals surface area contributed by atoms with Crippen LogP contribution in [0.25, 0.3) is 11.3 Å². The minimum absolute atomic E-state index is 0.0478. The molecule has 0 radical (unpaired) electrons. The van der Waals surface area contributed by atoms with Gasteiger partial charge < -0.3 is 14.8 Å². The molecule has 190 valence electrons. The van der Waals surface area contributed by atoms with Gasteiger partial charge in [0.2, 0.25) is 5.91 Å². The molecule has 0 spiro atoms. The van der Waals surface area contributed by atoms with Crippen molar-refractivity contribution < 1.29 is 41.0 Å². The second-order valence-electron chi connectivity index (χ2n) is 9.02. The van der Waals surface area contributed by atoms with E-state index in [1.54, 1.807) is 32.9 Å². The summed E-state index contributed by atoms with van der Waals surface area (Å²) in [5.74, 6) is -4.38. The maximum absolute atomic E-state index is 14.0. The van der Waals surface area contributed by atoms with Crippen LogP contribution in [0.1, 0.15) is 32.8 Å². The Hall–Kier alpha value is -3.44. The van der Waals surface area contributed by atoms with E-state index in [0.717, 1.165) is 17.0 Å². The zero-order chi connectivity index (χ0) is 26.0.